The summed E-state index contributed by atoms with van der Waals surface area (Å²) in [5.74, 6) is 0. The van der Waals surface area contributed by atoms with Crippen LogP contribution < -0.4 is 4.90 Å². The topological polar surface area (TPSA) is 35.9 Å². The zero-order valence-electron chi connectivity index (χ0n) is 13.0. The Bertz CT molecular complexity index is 584. The van der Waals surface area contributed by atoms with E-state index in [-0.39, 0.29) is 0 Å². The summed E-state index contributed by atoms with van der Waals surface area (Å²) in [5, 5.41) is 0.759. The lowest BCUT2D eigenvalue weighted by atomic mass is 9.89. The second-order valence-electron chi connectivity index (χ2n) is 6.40. The standard InChI is InChI=1S/C17H22ClN3O/c1-20-8-10-21(11-9-20)16-5-4-14(12-15(16)18)17(19-13-22)6-2-3-7-17/h4-5,12H,2-3,6-11H2,1H3. The van der Waals surface area contributed by atoms with Gasteiger partial charge in [-0.1, -0.05) is 30.5 Å². The van der Waals surface area contributed by atoms with Crippen molar-refractivity contribution in [3.8, 4) is 0 Å². The Balaban J connectivity index is 1.87. The van der Waals surface area contributed by atoms with Gasteiger partial charge in [-0.25, -0.2) is 4.79 Å². The third-order valence-corrected chi connectivity index (χ3v) is 5.32. The van der Waals surface area contributed by atoms with Crippen molar-refractivity contribution in [2.24, 2.45) is 4.99 Å². The summed E-state index contributed by atoms with van der Waals surface area (Å²) in [6.45, 7) is 4.09. The molecule has 0 aromatic heterocycles. The maximum Gasteiger partial charge on any atom is 0.235 e. The van der Waals surface area contributed by atoms with Gasteiger partial charge in [0.2, 0.25) is 6.08 Å². The molecule has 4 nitrogen and oxygen atoms in total. The lowest BCUT2D eigenvalue weighted by Gasteiger charge is -2.35. The first-order valence-corrected chi connectivity index (χ1v) is 8.35. The number of likely N-dealkylation sites (N-methyl/N-ethyl adjacent to an activating group) is 1. The van der Waals surface area contributed by atoms with E-state index in [9.17, 15) is 4.79 Å². The highest BCUT2D eigenvalue weighted by Crippen LogP contribution is 2.43. The molecule has 0 bridgehead atoms. The molecular formula is C17H22ClN3O. The van der Waals surface area contributed by atoms with Crippen molar-refractivity contribution in [3.05, 3.63) is 28.8 Å². The van der Waals surface area contributed by atoms with Crippen LogP contribution in [0.15, 0.2) is 23.2 Å². The molecule has 1 aliphatic heterocycles. The van der Waals surface area contributed by atoms with Gasteiger partial charge in [-0.2, -0.15) is 4.99 Å². The Morgan fingerprint density at radius 1 is 1.18 bits per heavy atom. The Morgan fingerprint density at radius 2 is 1.86 bits per heavy atom. The van der Waals surface area contributed by atoms with Crippen LogP contribution in [0.4, 0.5) is 5.69 Å². The first-order chi connectivity index (χ1) is 10.6. The lowest BCUT2D eigenvalue weighted by Crippen LogP contribution is -2.44. The summed E-state index contributed by atoms with van der Waals surface area (Å²) in [5.41, 5.74) is 1.74. The third-order valence-electron chi connectivity index (χ3n) is 5.02. The van der Waals surface area contributed by atoms with E-state index >= 15 is 0 Å². The van der Waals surface area contributed by atoms with E-state index in [4.69, 9.17) is 11.6 Å². The SMILES string of the molecule is CN1CCN(c2ccc(C3(N=C=O)CCCC3)cc2Cl)CC1. The van der Waals surface area contributed by atoms with Gasteiger partial charge in [0.25, 0.3) is 0 Å². The van der Waals surface area contributed by atoms with Crippen molar-refractivity contribution in [1.29, 1.82) is 0 Å². The van der Waals surface area contributed by atoms with Gasteiger partial charge in [-0.05, 0) is 37.6 Å². The Kier molecular flexibility index (Phi) is 4.53. The molecule has 2 fully saturated rings. The molecule has 1 heterocycles. The van der Waals surface area contributed by atoms with Crippen molar-refractivity contribution in [1.82, 2.24) is 4.90 Å². The van der Waals surface area contributed by atoms with E-state index in [2.05, 4.69) is 34.0 Å². The summed E-state index contributed by atoms with van der Waals surface area (Å²) in [6, 6.07) is 6.18. The first kappa shape index (κ1) is 15.5. The van der Waals surface area contributed by atoms with Crippen LogP contribution in [0.25, 0.3) is 0 Å². The van der Waals surface area contributed by atoms with E-state index < -0.39 is 5.54 Å². The van der Waals surface area contributed by atoms with Crippen LogP contribution in [0.1, 0.15) is 31.2 Å². The summed E-state index contributed by atoms with van der Waals surface area (Å²) in [7, 11) is 2.14. The summed E-state index contributed by atoms with van der Waals surface area (Å²) >= 11 is 6.54. The van der Waals surface area contributed by atoms with Crippen LogP contribution >= 0.6 is 11.6 Å². The average molecular weight is 320 g/mol. The van der Waals surface area contributed by atoms with Crippen LogP contribution in [-0.4, -0.2) is 44.2 Å². The van der Waals surface area contributed by atoms with Crippen molar-refractivity contribution >= 4 is 23.4 Å². The summed E-state index contributed by atoms with van der Waals surface area (Å²) < 4.78 is 0. The average Bonchev–Trinajstić information content (AvgIpc) is 2.98. The number of hydrogen-bond acceptors (Lipinski definition) is 4. The van der Waals surface area contributed by atoms with Gasteiger partial charge < -0.3 is 9.80 Å². The second kappa shape index (κ2) is 6.41. The smallest absolute Gasteiger partial charge is 0.235 e. The highest BCUT2D eigenvalue weighted by molar-refractivity contribution is 6.33. The van der Waals surface area contributed by atoms with Crippen molar-refractivity contribution in [2.75, 3.05) is 38.1 Å². The minimum absolute atomic E-state index is 0.397. The van der Waals surface area contributed by atoms with Crippen LogP contribution in [-0.2, 0) is 10.3 Å². The lowest BCUT2D eigenvalue weighted by molar-refractivity contribution is 0.313. The van der Waals surface area contributed by atoms with Gasteiger partial charge in [0.15, 0.2) is 0 Å². The largest absolute Gasteiger partial charge is 0.368 e. The van der Waals surface area contributed by atoms with Gasteiger partial charge in [0.1, 0.15) is 0 Å². The number of anilines is 1. The van der Waals surface area contributed by atoms with Crippen molar-refractivity contribution in [2.45, 2.75) is 31.2 Å². The monoisotopic (exact) mass is 319 g/mol. The van der Waals surface area contributed by atoms with Crippen molar-refractivity contribution in [3.63, 3.8) is 0 Å². The number of hydrogen-bond donors (Lipinski definition) is 0. The predicted molar refractivity (Wildman–Crippen MR) is 89.4 cm³/mol. The molecule has 22 heavy (non-hydrogen) atoms. The quantitative estimate of drug-likeness (QED) is 0.634. The molecule has 0 radical (unpaired) electrons. The van der Waals surface area contributed by atoms with Crippen LogP contribution in [0.3, 0.4) is 0 Å². The van der Waals surface area contributed by atoms with Crippen molar-refractivity contribution < 1.29 is 4.79 Å². The number of nitrogens with zero attached hydrogens (tertiary/aromatic N) is 3. The number of benzene rings is 1. The molecule has 1 aromatic carbocycles. The van der Waals surface area contributed by atoms with Gasteiger partial charge in [-0.15, -0.1) is 0 Å². The molecule has 3 rings (SSSR count). The molecule has 0 unspecified atom stereocenters. The second-order valence-corrected chi connectivity index (χ2v) is 6.81. The van der Waals surface area contributed by atoms with Gasteiger partial charge in [-0.3, -0.25) is 0 Å². The molecule has 118 valence electrons. The van der Waals surface area contributed by atoms with Gasteiger partial charge >= 0.3 is 0 Å². The number of rotatable bonds is 3. The van der Waals surface area contributed by atoms with E-state index in [1.165, 1.54) is 0 Å². The van der Waals surface area contributed by atoms with Crippen LogP contribution in [0, 0.1) is 0 Å². The van der Waals surface area contributed by atoms with E-state index in [0.717, 1.165) is 68.1 Å². The Hall–Kier alpha value is -1.35. The minimum Gasteiger partial charge on any atom is -0.368 e. The fourth-order valence-corrected chi connectivity index (χ4v) is 3.91. The molecular weight excluding hydrogens is 298 g/mol. The fraction of sp³-hybridized carbons (Fsp3) is 0.588. The number of halogens is 1. The van der Waals surface area contributed by atoms with E-state index in [0.29, 0.717) is 0 Å². The Labute approximate surface area is 136 Å². The zero-order chi connectivity index (χ0) is 15.6. The van der Waals surface area contributed by atoms with E-state index in [1.807, 2.05) is 6.07 Å². The molecule has 5 heteroatoms. The molecule has 2 aliphatic rings. The Morgan fingerprint density at radius 3 is 2.45 bits per heavy atom. The predicted octanol–water partition coefficient (Wildman–Crippen LogP) is 3.20. The maximum atomic E-state index is 10.8. The fourth-order valence-electron chi connectivity index (χ4n) is 3.61. The normalized spacial score (nSPS) is 21.6. The molecule has 0 amide bonds. The highest BCUT2D eigenvalue weighted by Gasteiger charge is 2.36. The molecule has 0 spiro atoms. The summed E-state index contributed by atoms with van der Waals surface area (Å²) in [6.07, 6.45) is 5.79. The van der Waals surface area contributed by atoms with Crippen LogP contribution in [0.5, 0.6) is 0 Å². The maximum absolute atomic E-state index is 10.8. The number of aliphatic imine (C=N–C) groups is 1. The highest BCUT2D eigenvalue weighted by atomic mass is 35.5. The van der Waals surface area contributed by atoms with Crippen LogP contribution in [0.2, 0.25) is 5.02 Å². The zero-order valence-corrected chi connectivity index (χ0v) is 13.8. The minimum atomic E-state index is -0.397. The molecule has 0 N–H and O–H groups in total. The first-order valence-electron chi connectivity index (χ1n) is 7.97. The number of piperazine rings is 1. The molecule has 1 aliphatic carbocycles. The van der Waals surface area contributed by atoms with Gasteiger partial charge in [0.05, 0.1) is 16.2 Å². The van der Waals surface area contributed by atoms with E-state index in [1.54, 1.807) is 6.08 Å². The molecule has 1 saturated carbocycles. The van der Waals surface area contributed by atoms with Gasteiger partial charge in [0, 0.05) is 26.2 Å². The molecule has 0 atom stereocenters. The third kappa shape index (κ3) is 2.91. The number of isocyanates is 1. The molecule has 1 aromatic rings. The molecule has 1 saturated heterocycles. The summed E-state index contributed by atoms with van der Waals surface area (Å²) in [4.78, 5) is 19.6. The number of carbonyl (C=O) groups excluding carboxylic acids is 1.